The molecule has 0 aliphatic carbocycles. The fourth-order valence-electron chi connectivity index (χ4n) is 2.14. The Morgan fingerprint density at radius 1 is 1.50 bits per heavy atom. The highest BCUT2D eigenvalue weighted by atomic mass is 15.2. The Balaban J connectivity index is 2.09. The predicted octanol–water partition coefficient (Wildman–Crippen LogP) is 1.26. The monoisotopic (exact) mass is 220 g/mol. The summed E-state index contributed by atoms with van der Waals surface area (Å²) in [5, 5.41) is 3.58. The minimum atomic E-state index is 0.549. The van der Waals surface area contributed by atoms with Crippen LogP contribution in [0.3, 0.4) is 0 Å². The average molecular weight is 220 g/mol. The van der Waals surface area contributed by atoms with Gasteiger partial charge in [0.05, 0.1) is 5.69 Å². The van der Waals surface area contributed by atoms with Crippen molar-refractivity contribution in [3.8, 4) is 0 Å². The molecule has 1 aliphatic rings. The number of likely N-dealkylation sites (N-methyl/N-ethyl adjacent to an activating group) is 1. The van der Waals surface area contributed by atoms with Gasteiger partial charge in [-0.05, 0) is 32.1 Å². The van der Waals surface area contributed by atoms with Crippen LogP contribution >= 0.6 is 0 Å². The molecule has 2 heterocycles. The Bertz CT molecular complexity index is 351. The normalized spacial score (nSPS) is 21.1. The number of aromatic nitrogens is 1. The van der Waals surface area contributed by atoms with E-state index in [4.69, 9.17) is 0 Å². The molecule has 88 valence electrons. The number of nitrogens with one attached hydrogen (secondary N) is 1. The summed E-state index contributed by atoms with van der Waals surface area (Å²) < 4.78 is 0. The van der Waals surface area contributed by atoms with Crippen LogP contribution in [0.5, 0.6) is 0 Å². The summed E-state index contributed by atoms with van der Waals surface area (Å²) in [4.78, 5) is 8.78. The first-order valence-electron chi connectivity index (χ1n) is 5.74. The Labute approximate surface area is 97.3 Å². The topological polar surface area (TPSA) is 31.4 Å². The Hall–Kier alpha value is -1.29. The van der Waals surface area contributed by atoms with Gasteiger partial charge < -0.3 is 15.1 Å². The number of nitrogens with zero attached hydrogens (tertiary/aromatic N) is 3. The smallest absolute Gasteiger partial charge is 0.151 e. The van der Waals surface area contributed by atoms with Gasteiger partial charge in [-0.1, -0.05) is 0 Å². The molecule has 0 spiro atoms. The van der Waals surface area contributed by atoms with E-state index in [0.717, 1.165) is 18.1 Å². The Kier molecular flexibility index (Phi) is 3.29. The van der Waals surface area contributed by atoms with Gasteiger partial charge in [-0.25, -0.2) is 4.98 Å². The molecule has 1 aliphatic heterocycles. The maximum atomic E-state index is 4.39. The van der Waals surface area contributed by atoms with Gasteiger partial charge in [0.2, 0.25) is 0 Å². The van der Waals surface area contributed by atoms with Gasteiger partial charge in [-0.3, -0.25) is 0 Å². The van der Waals surface area contributed by atoms with Gasteiger partial charge in [0.15, 0.2) is 5.82 Å². The standard InChI is InChI=1S/C12H20N4/c1-15(2)12-11(5-4-7-13-12)14-10-6-8-16(3)9-10/h4-5,7,10,14H,6,8-9H2,1-3H3. The molecule has 1 saturated heterocycles. The van der Waals surface area contributed by atoms with Crippen molar-refractivity contribution in [2.75, 3.05) is 44.4 Å². The highest BCUT2D eigenvalue weighted by Crippen LogP contribution is 2.23. The molecular formula is C12H20N4. The lowest BCUT2D eigenvalue weighted by Gasteiger charge is -2.20. The number of hydrogen-bond donors (Lipinski definition) is 1. The van der Waals surface area contributed by atoms with E-state index in [0.29, 0.717) is 6.04 Å². The van der Waals surface area contributed by atoms with Gasteiger partial charge in [0, 0.05) is 32.9 Å². The maximum absolute atomic E-state index is 4.39. The van der Waals surface area contributed by atoms with E-state index >= 15 is 0 Å². The molecule has 0 aromatic carbocycles. The molecule has 1 aromatic heterocycles. The van der Waals surface area contributed by atoms with Gasteiger partial charge in [-0.2, -0.15) is 0 Å². The zero-order chi connectivity index (χ0) is 11.5. The predicted molar refractivity (Wildman–Crippen MR) is 68.1 cm³/mol. The van der Waals surface area contributed by atoms with Gasteiger partial charge >= 0.3 is 0 Å². The average Bonchev–Trinajstić information content (AvgIpc) is 2.64. The SMILES string of the molecule is CN1CCC(Nc2cccnc2N(C)C)C1. The third-order valence-corrected chi connectivity index (χ3v) is 2.96. The molecule has 1 unspecified atom stereocenters. The van der Waals surface area contributed by atoms with Crippen molar-refractivity contribution < 1.29 is 0 Å². The molecule has 4 nitrogen and oxygen atoms in total. The highest BCUT2D eigenvalue weighted by molar-refractivity contribution is 5.65. The zero-order valence-corrected chi connectivity index (χ0v) is 10.3. The third kappa shape index (κ3) is 2.44. The second-order valence-electron chi connectivity index (χ2n) is 4.66. The van der Waals surface area contributed by atoms with E-state index in [-0.39, 0.29) is 0 Å². The maximum Gasteiger partial charge on any atom is 0.151 e. The van der Waals surface area contributed by atoms with Crippen LogP contribution < -0.4 is 10.2 Å². The number of likely N-dealkylation sites (tertiary alicyclic amines) is 1. The summed E-state index contributed by atoms with van der Waals surface area (Å²) in [6.45, 7) is 2.29. The molecule has 1 aromatic rings. The Morgan fingerprint density at radius 2 is 2.31 bits per heavy atom. The van der Waals surface area contributed by atoms with Crippen LogP contribution in [0.25, 0.3) is 0 Å². The van der Waals surface area contributed by atoms with Crippen molar-refractivity contribution in [2.45, 2.75) is 12.5 Å². The summed E-state index contributed by atoms with van der Waals surface area (Å²) in [5.74, 6) is 1.01. The summed E-state index contributed by atoms with van der Waals surface area (Å²) >= 11 is 0. The number of hydrogen-bond acceptors (Lipinski definition) is 4. The minimum Gasteiger partial charge on any atom is -0.378 e. The lowest BCUT2D eigenvalue weighted by molar-refractivity contribution is 0.414. The molecule has 0 saturated carbocycles. The number of pyridine rings is 1. The van der Waals surface area contributed by atoms with Crippen LogP contribution in [-0.2, 0) is 0 Å². The summed E-state index contributed by atoms with van der Waals surface area (Å²) in [5.41, 5.74) is 1.13. The number of anilines is 2. The fraction of sp³-hybridized carbons (Fsp3) is 0.583. The van der Waals surface area contributed by atoms with Crippen LogP contribution in [0.4, 0.5) is 11.5 Å². The Morgan fingerprint density at radius 3 is 2.94 bits per heavy atom. The highest BCUT2D eigenvalue weighted by Gasteiger charge is 2.20. The molecule has 16 heavy (non-hydrogen) atoms. The molecule has 0 amide bonds. The van der Waals surface area contributed by atoms with Crippen molar-refractivity contribution in [3.05, 3.63) is 18.3 Å². The fourth-order valence-corrected chi connectivity index (χ4v) is 2.14. The van der Waals surface area contributed by atoms with Crippen molar-refractivity contribution in [1.82, 2.24) is 9.88 Å². The van der Waals surface area contributed by atoms with E-state index < -0.39 is 0 Å². The first kappa shape index (κ1) is 11.2. The molecule has 4 heteroatoms. The lowest BCUT2D eigenvalue weighted by atomic mass is 10.2. The quantitative estimate of drug-likeness (QED) is 0.831. The molecule has 1 atom stereocenters. The van der Waals surface area contributed by atoms with E-state index in [1.165, 1.54) is 13.0 Å². The van der Waals surface area contributed by atoms with Gasteiger partial charge in [0.25, 0.3) is 0 Å². The first-order chi connectivity index (χ1) is 7.66. The van der Waals surface area contributed by atoms with E-state index in [1.54, 1.807) is 0 Å². The van der Waals surface area contributed by atoms with Crippen molar-refractivity contribution in [1.29, 1.82) is 0 Å². The van der Waals surface area contributed by atoms with Crippen LogP contribution in [0, 0.1) is 0 Å². The summed E-state index contributed by atoms with van der Waals surface area (Å²) in [6.07, 6.45) is 3.04. The van der Waals surface area contributed by atoms with Crippen LogP contribution in [-0.4, -0.2) is 50.2 Å². The van der Waals surface area contributed by atoms with Gasteiger partial charge in [-0.15, -0.1) is 0 Å². The van der Waals surface area contributed by atoms with Crippen molar-refractivity contribution in [3.63, 3.8) is 0 Å². The summed E-state index contributed by atoms with van der Waals surface area (Å²) in [6, 6.07) is 4.63. The molecule has 0 bridgehead atoms. The second-order valence-corrected chi connectivity index (χ2v) is 4.66. The van der Waals surface area contributed by atoms with Gasteiger partial charge in [0.1, 0.15) is 0 Å². The summed E-state index contributed by atoms with van der Waals surface area (Å²) in [7, 11) is 6.21. The van der Waals surface area contributed by atoms with E-state index in [9.17, 15) is 0 Å². The molecule has 1 fully saturated rings. The van der Waals surface area contributed by atoms with Crippen LogP contribution in [0.1, 0.15) is 6.42 Å². The molecule has 1 N–H and O–H groups in total. The largest absolute Gasteiger partial charge is 0.378 e. The molecule has 2 rings (SSSR count). The molecular weight excluding hydrogens is 200 g/mol. The zero-order valence-electron chi connectivity index (χ0n) is 10.3. The van der Waals surface area contributed by atoms with Crippen LogP contribution in [0.15, 0.2) is 18.3 Å². The minimum absolute atomic E-state index is 0.549. The van der Waals surface area contributed by atoms with E-state index in [2.05, 4.69) is 28.3 Å². The third-order valence-electron chi connectivity index (χ3n) is 2.96. The lowest BCUT2D eigenvalue weighted by Crippen LogP contribution is -2.25. The van der Waals surface area contributed by atoms with Crippen molar-refractivity contribution in [2.24, 2.45) is 0 Å². The number of rotatable bonds is 3. The molecule has 0 radical (unpaired) electrons. The first-order valence-corrected chi connectivity index (χ1v) is 5.74. The second kappa shape index (κ2) is 4.70. The van der Waals surface area contributed by atoms with E-state index in [1.807, 2.05) is 31.3 Å². The van der Waals surface area contributed by atoms with Crippen LogP contribution in [0.2, 0.25) is 0 Å². The van der Waals surface area contributed by atoms with Crippen molar-refractivity contribution >= 4 is 11.5 Å².